The quantitative estimate of drug-likeness (QED) is 0.521. The zero-order valence-corrected chi connectivity index (χ0v) is 16.6. The van der Waals surface area contributed by atoms with E-state index in [1.807, 2.05) is 12.1 Å². The molecule has 157 valence electrons. The van der Waals surface area contributed by atoms with E-state index in [1.165, 1.54) is 12.1 Å². The topological polar surface area (TPSA) is 26.4 Å². The maximum Gasteiger partial charge on any atom is 0.416 e. The molecule has 0 N–H and O–H groups in total. The fraction of sp³-hybridized carbons (Fsp3) is 0.478. The highest BCUT2D eigenvalue weighted by Gasteiger charge is 2.29. The lowest BCUT2D eigenvalue weighted by molar-refractivity contribution is -0.137. The van der Waals surface area contributed by atoms with Crippen molar-refractivity contribution in [2.24, 2.45) is 0 Å². The van der Waals surface area contributed by atoms with E-state index in [-0.39, 0.29) is 5.75 Å². The molecular weight excluding hydrogens is 377 g/mol. The Morgan fingerprint density at radius 2 is 1.38 bits per heavy atom. The van der Waals surface area contributed by atoms with Crippen molar-refractivity contribution in [3.05, 3.63) is 59.7 Å². The number of alkyl halides is 3. The molecule has 1 fully saturated rings. The second-order valence-corrected chi connectivity index (χ2v) is 7.68. The summed E-state index contributed by atoms with van der Waals surface area (Å²) >= 11 is 0. The summed E-state index contributed by atoms with van der Waals surface area (Å²) in [6.07, 6.45) is 0.978. The van der Waals surface area contributed by atoms with Gasteiger partial charge in [-0.05, 0) is 67.8 Å². The molecule has 1 aliphatic rings. The molecule has 0 amide bonds. The summed E-state index contributed by atoms with van der Waals surface area (Å²) < 4.78 is 37.7. The van der Waals surface area contributed by atoms with Gasteiger partial charge in [-0.25, -0.2) is 0 Å². The van der Waals surface area contributed by atoms with Crippen LogP contribution in [0.3, 0.4) is 0 Å². The van der Waals surface area contributed by atoms with Gasteiger partial charge in [-0.1, -0.05) is 25.0 Å². The number of piperazine rings is 1. The van der Waals surface area contributed by atoms with Crippen LogP contribution in [0, 0.1) is 0 Å². The summed E-state index contributed by atoms with van der Waals surface area (Å²) in [5, 5.41) is 11.2. The van der Waals surface area contributed by atoms with Gasteiger partial charge in [0.25, 0.3) is 0 Å². The smallest absolute Gasteiger partial charge is 0.369 e. The number of hydrogen-bond donors (Lipinski definition) is 0. The van der Waals surface area contributed by atoms with Crippen LogP contribution in [0.5, 0.6) is 5.75 Å². The number of rotatable bonds is 8. The van der Waals surface area contributed by atoms with Crippen LogP contribution in [0.15, 0.2) is 48.5 Å². The van der Waals surface area contributed by atoms with Gasteiger partial charge in [-0.3, -0.25) is 10.0 Å². The average Bonchev–Trinajstić information content (AvgIpc) is 2.71. The summed E-state index contributed by atoms with van der Waals surface area (Å²) in [6.45, 7) is 5.11. The summed E-state index contributed by atoms with van der Waals surface area (Å²) in [6, 6.07) is 12.6. The first kappa shape index (κ1) is 21.5. The van der Waals surface area contributed by atoms with E-state index >= 15 is 0 Å². The van der Waals surface area contributed by atoms with Crippen LogP contribution in [0.1, 0.15) is 36.8 Å². The lowest BCUT2D eigenvalue weighted by atomic mass is 10.0. The van der Waals surface area contributed by atoms with Gasteiger partial charge in [0.05, 0.1) is 5.56 Å². The van der Waals surface area contributed by atoms with Crippen molar-refractivity contribution < 1.29 is 18.3 Å². The zero-order valence-electron chi connectivity index (χ0n) is 16.6. The van der Waals surface area contributed by atoms with Crippen molar-refractivity contribution >= 4 is 5.69 Å². The van der Waals surface area contributed by atoms with Gasteiger partial charge in [0.1, 0.15) is 0 Å². The maximum atomic E-state index is 12.6. The minimum Gasteiger partial charge on any atom is -0.369 e. The van der Waals surface area contributed by atoms with Crippen LogP contribution in [-0.2, 0) is 17.7 Å². The number of hydrogen-bond acceptors (Lipinski definition) is 2. The van der Waals surface area contributed by atoms with E-state index in [0.717, 1.165) is 76.1 Å². The number of aryl methyl sites for hydroxylation is 1. The van der Waals surface area contributed by atoms with Crippen molar-refractivity contribution in [3.8, 4) is 5.75 Å². The Labute approximate surface area is 170 Å². The van der Waals surface area contributed by atoms with Crippen molar-refractivity contribution in [3.63, 3.8) is 0 Å². The average molecular weight is 405 g/mol. The van der Waals surface area contributed by atoms with E-state index in [0.29, 0.717) is 0 Å². The van der Waals surface area contributed by atoms with Crippen LogP contribution in [-0.4, -0.2) is 37.6 Å². The van der Waals surface area contributed by atoms with Gasteiger partial charge in [-0.2, -0.15) is 13.2 Å². The second kappa shape index (κ2) is 10.0. The molecule has 1 aliphatic heterocycles. The highest BCUT2D eigenvalue weighted by Crippen LogP contribution is 2.29. The van der Waals surface area contributed by atoms with Crippen molar-refractivity contribution in [2.75, 3.05) is 37.6 Å². The van der Waals surface area contributed by atoms with Gasteiger partial charge >= 0.3 is 6.18 Å². The van der Waals surface area contributed by atoms with Crippen LogP contribution in [0.4, 0.5) is 18.9 Å². The fourth-order valence-corrected chi connectivity index (χ4v) is 3.77. The summed E-state index contributed by atoms with van der Waals surface area (Å²) in [5.74, 6) is 0.0470. The second-order valence-electron chi connectivity index (χ2n) is 7.68. The molecule has 6 heteroatoms. The number of anilines is 1. The Balaban J connectivity index is 1.26. The molecule has 3 rings (SSSR count). The third-order valence-electron chi connectivity index (χ3n) is 5.55. The van der Waals surface area contributed by atoms with Gasteiger partial charge < -0.3 is 4.90 Å². The Bertz CT molecular complexity index is 736. The molecule has 0 saturated carbocycles. The summed E-state index contributed by atoms with van der Waals surface area (Å²) in [5.41, 5.74) is 1.51. The molecule has 0 spiro atoms. The van der Waals surface area contributed by atoms with E-state index in [9.17, 15) is 18.3 Å². The molecule has 29 heavy (non-hydrogen) atoms. The highest BCUT2D eigenvalue weighted by atomic mass is 19.4. The molecule has 1 saturated heterocycles. The lowest BCUT2D eigenvalue weighted by Crippen LogP contribution is -2.46. The van der Waals surface area contributed by atoms with Crippen LogP contribution in [0.2, 0.25) is 0 Å². The minimum atomic E-state index is -4.26. The predicted molar refractivity (Wildman–Crippen MR) is 109 cm³/mol. The first-order valence-electron chi connectivity index (χ1n) is 10.3. The van der Waals surface area contributed by atoms with Crippen LogP contribution < -0.4 is 4.90 Å². The molecule has 0 unspecified atom stereocenters. The molecule has 0 atom stereocenters. The normalized spacial score (nSPS) is 15.6. The van der Waals surface area contributed by atoms with E-state index in [2.05, 4.69) is 9.80 Å². The molecule has 0 aromatic heterocycles. The third-order valence-corrected chi connectivity index (χ3v) is 5.55. The van der Waals surface area contributed by atoms with E-state index in [4.69, 9.17) is 0 Å². The molecule has 1 radical (unpaired) electrons. The van der Waals surface area contributed by atoms with Crippen molar-refractivity contribution in [1.29, 1.82) is 0 Å². The Kier molecular flexibility index (Phi) is 7.42. The Morgan fingerprint density at radius 1 is 0.759 bits per heavy atom. The Morgan fingerprint density at radius 3 is 2.00 bits per heavy atom. The zero-order chi connectivity index (χ0) is 20.7. The summed E-state index contributed by atoms with van der Waals surface area (Å²) in [7, 11) is 0. The van der Waals surface area contributed by atoms with Gasteiger partial charge in [0, 0.05) is 31.9 Å². The summed E-state index contributed by atoms with van der Waals surface area (Å²) in [4.78, 5) is 4.80. The molecule has 3 nitrogen and oxygen atoms in total. The van der Waals surface area contributed by atoms with Gasteiger partial charge in [0.2, 0.25) is 0 Å². The van der Waals surface area contributed by atoms with E-state index < -0.39 is 11.7 Å². The fourth-order valence-electron chi connectivity index (χ4n) is 3.77. The lowest BCUT2D eigenvalue weighted by Gasteiger charge is -2.36. The monoisotopic (exact) mass is 405 g/mol. The number of unbranched alkanes of at least 4 members (excludes halogenated alkanes) is 3. The number of benzene rings is 2. The molecule has 2 aromatic rings. The highest BCUT2D eigenvalue weighted by molar-refractivity contribution is 5.49. The van der Waals surface area contributed by atoms with Crippen LogP contribution >= 0.6 is 0 Å². The SMILES string of the molecule is [O]c1ccc(N2CCN(CCCCCCc3ccc(C(F)(F)F)cc3)CC2)cc1. The first-order valence-corrected chi connectivity index (χ1v) is 10.3. The molecular formula is C23H28F3N2O. The van der Waals surface area contributed by atoms with Crippen molar-refractivity contribution in [2.45, 2.75) is 38.3 Å². The first-order chi connectivity index (χ1) is 13.9. The Hall–Kier alpha value is -2.21. The minimum absolute atomic E-state index is 0.0470. The molecule has 0 aliphatic carbocycles. The van der Waals surface area contributed by atoms with Gasteiger partial charge in [0.15, 0.2) is 5.75 Å². The van der Waals surface area contributed by atoms with Crippen molar-refractivity contribution in [1.82, 2.24) is 4.90 Å². The van der Waals surface area contributed by atoms with E-state index in [1.54, 1.807) is 24.3 Å². The number of halogens is 3. The van der Waals surface area contributed by atoms with Crippen LogP contribution in [0.25, 0.3) is 0 Å². The predicted octanol–water partition coefficient (Wildman–Crippen LogP) is 5.77. The largest absolute Gasteiger partial charge is 0.416 e. The third kappa shape index (κ3) is 6.67. The molecule has 1 heterocycles. The standard InChI is InChI=1S/C23H28F3N2O/c24-23(25,26)20-8-6-19(7-9-20)5-3-1-2-4-14-27-15-17-28(18-16-27)21-10-12-22(29)13-11-21/h6-13H,1-5,14-18H2. The van der Waals surface area contributed by atoms with Gasteiger partial charge in [-0.15, -0.1) is 0 Å². The maximum absolute atomic E-state index is 12.6. The molecule has 0 bridgehead atoms. The number of nitrogens with zero attached hydrogens (tertiary/aromatic N) is 2. The molecule has 2 aromatic carbocycles.